The molecule has 16 nitrogen and oxygen atoms in total. The number of nitrogens with one attached hydrogen (secondary N) is 2. The maximum absolute atomic E-state index is 14.2. The molecule has 0 saturated carbocycles. The monoisotopic (exact) mass is 914 g/mol. The van der Waals surface area contributed by atoms with E-state index in [1.54, 1.807) is 6.20 Å². The van der Waals surface area contributed by atoms with Gasteiger partial charge in [-0.25, -0.2) is 9.59 Å². The molecule has 3 saturated heterocycles. The van der Waals surface area contributed by atoms with Crippen LogP contribution in [0.15, 0.2) is 97.3 Å². The molecule has 3 fully saturated rings. The summed E-state index contributed by atoms with van der Waals surface area (Å²) in [7, 11) is 2.47. The third-order valence-electron chi connectivity index (χ3n) is 14.0. The molecule has 6 amide bonds. The van der Waals surface area contributed by atoms with Crippen LogP contribution < -0.4 is 27.0 Å². The lowest BCUT2D eigenvalue weighted by atomic mass is 9.84. The molecule has 4 aromatic rings. The van der Waals surface area contributed by atoms with Crippen molar-refractivity contribution in [1.82, 2.24) is 25.4 Å². The van der Waals surface area contributed by atoms with Crippen molar-refractivity contribution in [3.63, 3.8) is 0 Å². The molecule has 6 atom stereocenters. The Labute approximate surface area is 391 Å². The first-order valence-corrected chi connectivity index (χ1v) is 23.0. The van der Waals surface area contributed by atoms with Crippen molar-refractivity contribution < 1.29 is 38.2 Å². The van der Waals surface area contributed by atoms with Gasteiger partial charge in [0.15, 0.2) is 0 Å². The third-order valence-corrected chi connectivity index (χ3v) is 14.0. The highest BCUT2D eigenvalue weighted by molar-refractivity contribution is 5.96. The van der Waals surface area contributed by atoms with Crippen molar-refractivity contribution in [2.75, 3.05) is 32.2 Å². The number of likely N-dealkylation sites (tertiary alicyclic amines) is 2. The number of carbonyl (C=O) groups excluding carboxylic acids is 6. The maximum Gasteiger partial charge on any atom is 0.407 e. The summed E-state index contributed by atoms with van der Waals surface area (Å²) in [6.45, 7) is 7.85. The van der Waals surface area contributed by atoms with Crippen LogP contribution in [0, 0.1) is 11.8 Å². The largest absolute Gasteiger partial charge is 0.453 e. The maximum atomic E-state index is 14.2. The second-order valence-electron chi connectivity index (χ2n) is 18.4. The number of nitrogens with zero attached hydrogens (tertiary/aromatic N) is 4. The van der Waals surface area contributed by atoms with Crippen molar-refractivity contribution in [2.24, 2.45) is 23.3 Å². The average Bonchev–Trinajstić information content (AvgIpc) is 4.11. The zero-order chi connectivity index (χ0) is 48.2. The van der Waals surface area contributed by atoms with Crippen molar-refractivity contribution in [1.29, 1.82) is 0 Å². The number of anilines is 1. The number of aromatic nitrogens is 1. The van der Waals surface area contributed by atoms with Crippen molar-refractivity contribution in [2.45, 2.75) is 101 Å². The van der Waals surface area contributed by atoms with Crippen LogP contribution in [0.4, 0.5) is 15.3 Å². The van der Waals surface area contributed by atoms with Crippen molar-refractivity contribution >= 4 is 41.5 Å². The van der Waals surface area contributed by atoms with E-state index < -0.39 is 59.0 Å². The van der Waals surface area contributed by atoms with E-state index in [1.807, 2.05) is 94.6 Å². The van der Waals surface area contributed by atoms with E-state index in [9.17, 15) is 28.8 Å². The zero-order valence-electron chi connectivity index (χ0n) is 39.1. The van der Waals surface area contributed by atoms with E-state index in [0.29, 0.717) is 49.9 Å². The summed E-state index contributed by atoms with van der Waals surface area (Å²) < 4.78 is 9.61. The van der Waals surface area contributed by atoms with Gasteiger partial charge in [0.2, 0.25) is 23.6 Å². The van der Waals surface area contributed by atoms with Gasteiger partial charge in [-0.2, -0.15) is 0 Å². The van der Waals surface area contributed by atoms with Crippen LogP contribution in [0.1, 0.15) is 101 Å². The summed E-state index contributed by atoms with van der Waals surface area (Å²) >= 11 is 0. The summed E-state index contributed by atoms with van der Waals surface area (Å²) in [6.07, 6.45) is 5.39. The minimum absolute atomic E-state index is 0.112. The molecule has 0 radical (unpaired) electrons. The molecule has 7 rings (SSSR count). The number of primary amides is 2. The summed E-state index contributed by atoms with van der Waals surface area (Å²) in [5, 5.41) is 5.29. The second kappa shape index (κ2) is 19.9. The Bertz CT molecular complexity index is 2320. The van der Waals surface area contributed by atoms with Gasteiger partial charge in [0, 0.05) is 31.2 Å². The Morgan fingerprint density at radius 3 is 1.42 bits per heavy atom. The average molecular weight is 915 g/mol. The molecule has 6 N–H and O–H groups in total. The molecule has 67 heavy (non-hydrogen) atoms. The van der Waals surface area contributed by atoms with Crippen LogP contribution in [-0.2, 0) is 39.7 Å². The molecule has 0 unspecified atom stereocenters. The lowest BCUT2D eigenvalue weighted by Gasteiger charge is -2.39. The van der Waals surface area contributed by atoms with E-state index in [0.717, 1.165) is 40.8 Å². The first-order chi connectivity index (χ1) is 32.1. The molecule has 3 aliphatic heterocycles. The highest BCUT2D eigenvalue weighted by atomic mass is 16.5. The van der Waals surface area contributed by atoms with Gasteiger partial charge in [-0.15, -0.1) is 0 Å². The summed E-state index contributed by atoms with van der Waals surface area (Å²) in [4.78, 5) is 89.7. The molecule has 0 bridgehead atoms. The van der Waals surface area contributed by atoms with Crippen LogP contribution >= 0.6 is 0 Å². The van der Waals surface area contributed by atoms with Gasteiger partial charge in [-0.05, 0) is 102 Å². The van der Waals surface area contributed by atoms with Gasteiger partial charge in [0.05, 0.1) is 26.3 Å². The van der Waals surface area contributed by atoms with Crippen molar-refractivity contribution in [3.05, 3.63) is 120 Å². The highest BCUT2D eigenvalue weighted by Gasteiger charge is 2.53. The number of ether oxygens (including phenoxy) is 2. The van der Waals surface area contributed by atoms with E-state index in [1.165, 1.54) is 24.0 Å². The SMILES string of the molecule is COC(=O)N[C@H](C(=O)N1CCC[C@@]1(C(N)=O)c1ccc([C@@H]2CC[C@@H](c3ccc([C@]4(C(N)=O)CCCN4C(=O)[C@@H](NC(=O)OC)C(C)C)cc3)N2c2ccc(-c3cccnc3)cc2)cc1)C(C)C. The standard InChI is InChI=1S/C51H62N8O8/c1-31(2)42(55-48(64)66-5)44(60)57-28-8-25-50(57,46(52)62)37-17-11-34(12-18-37)40-23-24-41(59(40)39-21-15-33(16-22-39)36-10-7-27-54-30-36)35-13-19-38(20-14-35)51(47(53)63)26-9-29-58(51)45(61)43(32(3)4)56-49(65)67-6/h7,10-22,27,30-32,40-43H,8-9,23-26,28-29H2,1-6H3,(H2,52,62)(H2,53,63)(H,55,64)(H,56,65)/t40-,41-,42-,43-,50-,51-/m0/s1. The molecular weight excluding hydrogens is 853 g/mol. The number of methoxy groups -OCH3 is 2. The lowest BCUT2D eigenvalue weighted by molar-refractivity contribution is -0.146. The molecule has 0 aliphatic carbocycles. The zero-order valence-corrected chi connectivity index (χ0v) is 39.1. The Morgan fingerprint density at radius 1 is 0.627 bits per heavy atom. The Morgan fingerprint density at radius 2 is 1.06 bits per heavy atom. The van der Waals surface area contributed by atoms with E-state index >= 15 is 0 Å². The molecular formula is C51H62N8O8. The number of benzene rings is 3. The summed E-state index contributed by atoms with van der Waals surface area (Å²) in [6, 6.07) is 25.7. The van der Waals surface area contributed by atoms with E-state index in [4.69, 9.17) is 20.9 Å². The number of nitrogens with two attached hydrogens (primary N) is 2. The number of amides is 6. The van der Waals surface area contributed by atoms with Crippen LogP contribution in [0.5, 0.6) is 0 Å². The van der Waals surface area contributed by atoms with Crippen LogP contribution in [-0.4, -0.2) is 90.0 Å². The third kappa shape index (κ3) is 9.00. The van der Waals surface area contributed by atoms with Crippen molar-refractivity contribution in [3.8, 4) is 11.1 Å². The fourth-order valence-electron chi connectivity index (χ4n) is 10.5. The molecule has 3 aromatic carbocycles. The number of rotatable bonds is 14. The van der Waals surface area contributed by atoms with Gasteiger partial charge in [0.25, 0.3) is 0 Å². The van der Waals surface area contributed by atoms with E-state index in [-0.39, 0.29) is 23.9 Å². The van der Waals surface area contributed by atoms with Gasteiger partial charge < -0.3 is 46.3 Å². The molecule has 16 heteroatoms. The fourth-order valence-corrected chi connectivity index (χ4v) is 10.5. The summed E-state index contributed by atoms with van der Waals surface area (Å²) in [5.41, 5.74) is 15.8. The smallest absolute Gasteiger partial charge is 0.407 e. The lowest BCUT2D eigenvalue weighted by Crippen LogP contribution is -2.59. The van der Waals surface area contributed by atoms with Gasteiger partial charge in [0.1, 0.15) is 23.2 Å². The Hall–Kier alpha value is -6.97. The quantitative estimate of drug-likeness (QED) is 0.112. The fraction of sp³-hybridized carbons (Fsp3) is 0.431. The first-order valence-electron chi connectivity index (χ1n) is 23.0. The number of hydrogen-bond donors (Lipinski definition) is 4. The minimum atomic E-state index is -1.42. The van der Waals surface area contributed by atoms with Gasteiger partial charge in [-0.1, -0.05) is 94.4 Å². The Kier molecular flexibility index (Phi) is 14.2. The van der Waals surface area contributed by atoms with Crippen LogP contribution in [0.2, 0.25) is 0 Å². The molecule has 1 aromatic heterocycles. The normalized spacial score (nSPS) is 22.4. The molecule has 4 heterocycles. The van der Waals surface area contributed by atoms with Gasteiger partial charge >= 0.3 is 12.2 Å². The van der Waals surface area contributed by atoms with Crippen LogP contribution in [0.3, 0.4) is 0 Å². The minimum Gasteiger partial charge on any atom is -0.453 e. The molecule has 0 spiro atoms. The predicted octanol–water partition coefficient (Wildman–Crippen LogP) is 6.20. The topological polar surface area (TPSA) is 220 Å². The predicted molar refractivity (Wildman–Crippen MR) is 252 cm³/mol. The number of pyridine rings is 1. The number of hydrogen-bond acceptors (Lipinski definition) is 10. The van der Waals surface area contributed by atoms with Crippen LogP contribution in [0.25, 0.3) is 11.1 Å². The Balaban J connectivity index is 1.23. The summed E-state index contributed by atoms with van der Waals surface area (Å²) in [5.74, 6) is -2.69. The molecule has 3 aliphatic rings. The highest BCUT2D eigenvalue weighted by Crippen LogP contribution is 2.49. The second-order valence-corrected chi connectivity index (χ2v) is 18.4. The number of alkyl carbamates (subject to hydrolysis) is 2. The van der Waals surface area contributed by atoms with E-state index in [2.05, 4.69) is 44.8 Å². The number of carbonyl (C=O) groups is 6. The first kappa shape index (κ1) is 48.0. The van der Waals surface area contributed by atoms with Gasteiger partial charge in [-0.3, -0.25) is 24.2 Å². The molecule has 354 valence electrons.